The molecule has 0 aliphatic rings. The maximum Gasteiger partial charge on any atom is 0.262 e. The van der Waals surface area contributed by atoms with Gasteiger partial charge in [-0.05, 0) is 0 Å². The Balaban J connectivity index is 2.69. The number of hydrogen-bond donors (Lipinski definition) is 1. The van der Waals surface area contributed by atoms with Crippen molar-refractivity contribution in [1.82, 2.24) is 19.7 Å². The molecule has 6 heteroatoms. The molecule has 1 N–H and O–H groups in total. The fourth-order valence-corrected chi connectivity index (χ4v) is 1.28. The van der Waals surface area contributed by atoms with Crippen LogP contribution in [-0.4, -0.2) is 26.9 Å². The third-order valence-corrected chi connectivity index (χ3v) is 1.93. The standard InChI is InChI=1S/C8H10N4O2/c1-12-7-5(3-9-12)8(13)11-6(10-7)4-14-2/h3H,4H2,1-2H3,(H,10,11,13). The van der Waals surface area contributed by atoms with Crippen molar-refractivity contribution in [2.24, 2.45) is 7.05 Å². The minimum absolute atomic E-state index is 0.185. The monoisotopic (exact) mass is 194 g/mol. The van der Waals surface area contributed by atoms with Gasteiger partial charge in [0.05, 0.1) is 6.20 Å². The van der Waals surface area contributed by atoms with Gasteiger partial charge in [-0.1, -0.05) is 0 Å². The van der Waals surface area contributed by atoms with Crippen LogP contribution in [0.4, 0.5) is 0 Å². The van der Waals surface area contributed by atoms with Crippen LogP contribution in [0.2, 0.25) is 0 Å². The molecular weight excluding hydrogens is 184 g/mol. The number of fused-ring (bicyclic) bond motifs is 1. The van der Waals surface area contributed by atoms with E-state index in [0.717, 1.165) is 0 Å². The second kappa shape index (κ2) is 3.22. The lowest BCUT2D eigenvalue weighted by atomic mass is 10.4. The van der Waals surface area contributed by atoms with Crippen molar-refractivity contribution in [2.75, 3.05) is 7.11 Å². The van der Waals surface area contributed by atoms with Crippen LogP contribution in [-0.2, 0) is 18.4 Å². The van der Waals surface area contributed by atoms with E-state index in [-0.39, 0.29) is 12.2 Å². The van der Waals surface area contributed by atoms with Crippen LogP contribution in [0.5, 0.6) is 0 Å². The van der Waals surface area contributed by atoms with Gasteiger partial charge in [-0.2, -0.15) is 5.10 Å². The SMILES string of the molecule is COCc1nc2c(cnn2C)c(=O)[nH]1. The Kier molecular flexibility index (Phi) is 2.05. The molecule has 0 saturated heterocycles. The average molecular weight is 194 g/mol. The van der Waals surface area contributed by atoms with Crippen molar-refractivity contribution in [2.45, 2.75) is 6.61 Å². The minimum atomic E-state index is -0.185. The van der Waals surface area contributed by atoms with E-state index in [4.69, 9.17) is 4.74 Å². The number of H-pyrrole nitrogens is 1. The van der Waals surface area contributed by atoms with Crippen LogP contribution in [0.25, 0.3) is 11.0 Å². The summed E-state index contributed by atoms with van der Waals surface area (Å²) in [6.07, 6.45) is 1.50. The molecule has 6 nitrogen and oxygen atoms in total. The molecule has 2 aromatic heterocycles. The van der Waals surface area contributed by atoms with Gasteiger partial charge in [-0.15, -0.1) is 0 Å². The molecule has 0 amide bonds. The summed E-state index contributed by atoms with van der Waals surface area (Å²) in [4.78, 5) is 18.3. The van der Waals surface area contributed by atoms with Crippen molar-refractivity contribution < 1.29 is 4.74 Å². The van der Waals surface area contributed by atoms with E-state index in [2.05, 4.69) is 15.1 Å². The summed E-state index contributed by atoms with van der Waals surface area (Å²) in [6, 6.07) is 0. The van der Waals surface area contributed by atoms with Gasteiger partial charge in [0.25, 0.3) is 5.56 Å². The zero-order valence-corrected chi connectivity index (χ0v) is 7.94. The van der Waals surface area contributed by atoms with Gasteiger partial charge in [-0.25, -0.2) is 4.98 Å². The van der Waals surface area contributed by atoms with E-state index in [1.807, 2.05) is 0 Å². The number of nitrogens with zero attached hydrogens (tertiary/aromatic N) is 3. The van der Waals surface area contributed by atoms with E-state index in [9.17, 15) is 4.79 Å². The molecule has 14 heavy (non-hydrogen) atoms. The van der Waals surface area contributed by atoms with Crippen molar-refractivity contribution in [3.05, 3.63) is 22.4 Å². The van der Waals surface area contributed by atoms with Crippen LogP contribution >= 0.6 is 0 Å². The summed E-state index contributed by atoms with van der Waals surface area (Å²) in [5.41, 5.74) is 0.385. The molecule has 74 valence electrons. The summed E-state index contributed by atoms with van der Waals surface area (Å²) >= 11 is 0. The van der Waals surface area contributed by atoms with Crippen molar-refractivity contribution in [3.8, 4) is 0 Å². The van der Waals surface area contributed by atoms with Crippen molar-refractivity contribution in [1.29, 1.82) is 0 Å². The molecule has 2 heterocycles. The fourth-order valence-electron chi connectivity index (χ4n) is 1.28. The Morgan fingerprint density at radius 1 is 1.64 bits per heavy atom. The third-order valence-electron chi connectivity index (χ3n) is 1.93. The number of aryl methyl sites for hydroxylation is 1. The smallest absolute Gasteiger partial charge is 0.262 e. The lowest BCUT2D eigenvalue weighted by Crippen LogP contribution is -2.12. The molecule has 0 aliphatic heterocycles. The molecule has 0 atom stereocenters. The van der Waals surface area contributed by atoms with Gasteiger partial charge in [0, 0.05) is 14.2 Å². The van der Waals surface area contributed by atoms with E-state index < -0.39 is 0 Å². The summed E-state index contributed by atoms with van der Waals surface area (Å²) in [5, 5.41) is 4.44. The third kappa shape index (κ3) is 1.29. The number of nitrogens with one attached hydrogen (secondary N) is 1. The largest absolute Gasteiger partial charge is 0.377 e. The van der Waals surface area contributed by atoms with E-state index in [0.29, 0.717) is 16.9 Å². The molecular formula is C8H10N4O2. The van der Waals surface area contributed by atoms with Crippen LogP contribution in [0, 0.1) is 0 Å². The predicted molar refractivity (Wildman–Crippen MR) is 49.8 cm³/mol. The lowest BCUT2D eigenvalue weighted by molar-refractivity contribution is 0.178. The minimum Gasteiger partial charge on any atom is -0.377 e. The second-order valence-electron chi connectivity index (χ2n) is 2.95. The highest BCUT2D eigenvalue weighted by Crippen LogP contribution is 2.04. The molecule has 0 aliphatic carbocycles. The molecule has 0 saturated carbocycles. The first-order valence-electron chi connectivity index (χ1n) is 4.12. The van der Waals surface area contributed by atoms with Gasteiger partial charge in [-0.3, -0.25) is 9.48 Å². The first-order chi connectivity index (χ1) is 6.72. The highest BCUT2D eigenvalue weighted by Gasteiger charge is 2.06. The van der Waals surface area contributed by atoms with Crippen LogP contribution < -0.4 is 5.56 Å². The average Bonchev–Trinajstić information content (AvgIpc) is 2.49. The van der Waals surface area contributed by atoms with E-state index >= 15 is 0 Å². The second-order valence-corrected chi connectivity index (χ2v) is 2.95. The molecule has 0 unspecified atom stereocenters. The van der Waals surface area contributed by atoms with Crippen LogP contribution in [0.3, 0.4) is 0 Å². The molecule has 2 rings (SSSR count). The van der Waals surface area contributed by atoms with Gasteiger partial charge in [0.15, 0.2) is 5.65 Å². The maximum atomic E-state index is 11.5. The Bertz CT molecular complexity index is 514. The van der Waals surface area contributed by atoms with Gasteiger partial charge in [0.1, 0.15) is 17.8 Å². The first-order valence-corrected chi connectivity index (χ1v) is 4.12. The molecule has 0 bridgehead atoms. The molecule has 2 aromatic rings. The fraction of sp³-hybridized carbons (Fsp3) is 0.375. The van der Waals surface area contributed by atoms with E-state index in [1.54, 1.807) is 18.8 Å². The molecule has 0 fully saturated rings. The zero-order chi connectivity index (χ0) is 10.1. The number of hydrogen-bond acceptors (Lipinski definition) is 4. The Hall–Kier alpha value is -1.69. The number of aromatic nitrogens is 4. The van der Waals surface area contributed by atoms with Gasteiger partial charge in [0.2, 0.25) is 0 Å². The molecule has 0 aromatic carbocycles. The van der Waals surface area contributed by atoms with Crippen LogP contribution in [0.15, 0.2) is 11.0 Å². The summed E-state index contributed by atoms with van der Waals surface area (Å²) in [6.45, 7) is 0.288. The Morgan fingerprint density at radius 3 is 3.14 bits per heavy atom. The number of rotatable bonds is 2. The summed E-state index contributed by atoms with van der Waals surface area (Å²) in [7, 11) is 3.29. The zero-order valence-electron chi connectivity index (χ0n) is 7.94. The van der Waals surface area contributed by atoms with Crippen LogP contribution in [0.1, 0.15) is 5.82 Å². The topological polar surface area (TPSA) is 72.8 Å². The Labute approximate surface area is 79.5 Å². The molecule has 0 radical (unpaired) electrons. The Morgan fingerprint density at radius 2 is 2.43 bits per heavy atom. The predicted octanol–water partition coefficient (Wildman–Crippen LogP) is -0.197. The summed E-state index contributed by atoms with van der Waals surface area (Å²) < 4.78 is 6.45. The van der Waals surface area contributed by atoms with E-state index in [1.165, 1.54) is 6.20 Å². The molecule has 0 spiro atoms. The van der Waals surface area contributed by atoms with Crippen molar-refractivity contribution >= 4 is 11.0 Å². The van der Waals surface area contributed by atoms with Crippen molar-refractivity contribution in [3.63, 3.8) is 0 Å². The van der Waals surface area contributed by atoms with Gasteiger partial charge < -0.3 is 9.72 Å². The number of aromatic amines is 1. The highest BCUT2D eigenvalue weighted by atomic mass is 16.5. The summed E-state index contributed by atoms with van der Waals surface area (Å²) in [5.74, 6) is 0.508. The first kappa shape index (κ1) is 8.89. The quantitative estimate of drug-likeness (QED) is 0.718. The number of methoxy groups -OCH3 is 1. The number of ether oxygens (including phenoxy) is 1. The lowest BCUT2D eigenvalue weighted by Gasteiger charge is -1.99. The maximum absolute atomic E-state index is 11.5. The normalized spacial score (nSPS) is 11.0. The highest BCUT2D eigenvalue weighted by molar-refractivity contribution is 5.72. The van der Waals surface area contributed by atoms with Gasteiger partial charge >= 0.3 is 0 Å².